The average Bonchev–Trinajstić information content (AvgIpc) is 2.65. The zero-order valence-corrected chi connectivity index (χ0v) is 15.9. The lowest BCUT2D eigenvalue weighted by Gasteiger charge is -2.32. The van der Waals surface area contributed by atoms with Crippen molar-refractivity contribution >= 4 is 17.4 Å². The zero-order chi connectivity index (χ0) is 19.2. The van der Waals surface area contributed by atoms with Gasteiger partial charge in [0.15, 0.2) is 0 Å². The van der Waals surface area contributed by atoms with Crippen molar-refractivity contribution < 1.29 is 9.18 Å². The van der Waals surface area contributed by atoms with E-state index in [-0.39, 0.29) is 17.9 Å². The van der Waals surface area contributed by atoms with Crippen molar-refractivity contribution in [2.45, 2.75) is 25.4 Å². The second kappa shape index (κ2) is 8.86. The SMILES string of the molecule is CN(C)c1ccccc1NC(=O)NC1CCN(Cc2ccc(F)cc2)CC1. The number of anilines is 2. The van der Waals surface area contributed by atoms with Crippen molar-refractivity contribution in [2.24, 2.45) is 0 Å². The van der Waals surface area contributed by atoms with Crippen LogP contribution in [0.2, 0.25) is 0 Å². The second-order valence-corrected chi connectivity index (χ2v) is 7.19. The molecule has 1 fully saturated rings. The molecule has 1 saturated heterocycles. The third-order valence-corrected chi connectivity index (χ3v) is 4.88. The fraction of sp³-hybridized carbons (Fsp3) is 0.381. The molecule has 2 aromatic rings. The molecule has 0 atom stereocenters. The molecule has 6 heteroatoms. The largest absolute Gasteiger partial charge is 0.376 e. The summed E-state index contributed by atoms with van der Waals surface area (Å²) in [6.45, 7) is 2.64. The number of para-hydroxylation sites is 2. The molecule has 0 aliphatic carbocycles. The molecule has 144 valence electrons. The monoisotopic (exact) mass is 370 g/mol. The van der Waals surface area contributed by atoms with Crippen molar-refractivity contribution in [3.63, 3.8) is 0 Å². The van der Waals surface area contributed by atoms with Crippen LogP contribution in [0.25, 0.3) is 0 Å². The van der Waals surface area contributed by atoms with Crippen molar-refractivity contribution in [1.82, 2.24) is 10.2 Å². The van der Waals surface area contributed by atoms with Gasteiger partial charge in [0.05, 0.1) is 11.4 Å². The third-order valence-electron chi connectivity index (χ3n) is 4.88. The molecule has 0 radical (unpaired) electrons. The summed E-state index contributed by atoms with van der Waals surface area (Å²) in [5, 5.41) is 6.04. The Morgan fingerprint density at radius 1 is 1.11 bits per heavy atom. The second-order valence-electron chi connectivity index (χ2n) is 7.19. The molecule has 1 heterocycles. The number of urea groups is 1. The first-order chi connectivity index (χ1) is 13.0. The van der Waals surface area contributed by atoms with E-state index in [1.807, 2.05) is 55.4 Å². The van der Waals surface area contributed by atoms with Crippen LogP contribution in [-0.4, -0.2) is 44.2 Å². The molecule has 2 aromatic carbocycles. The van der Waals surface area contributed by atoms with E-state index in [4.69, 9.17) is 0 Å². The molecule has 5 nitrogen and oxygen atoms in total. The summed E-state index contributed by atoms with van der Waals surface area (Å²) in [5.41, 5.74) is 2.89. The normalized spacial score (nSPS) is 15.4. The predicted molar refractivity (Wildman–Crippen MR) is 108 cm³/mol. The lowest BCUT2D eigenvalue weighted by molar-refractivity contribution is 0.190. The van der Waals surface area contributed by atoms with Crippen LogP contribution in [-0.2, 0) is 6.54 Å². The first kappa shape index (κ1) is 19.2. The van der Waals surface area contributed by atoms with Crippen LogP contribution in [0.3, 0.4) is 0 Å². The third kappa shape index (κ3) is 5.44. The molecule has 3 rings (SSSR count). The first-order valence-corrected chi connectivity index (χ1v) is 9.32. The van der Waals surface area contributed by atoms with E-state index in [9.17, 15) is 9.18 Å². The molecule has 2 N–H and O–H groups in total. The number of nitrogens with zero attached hydrogens (tertiary/aromatic N) is 2. The number of carbonyl (C=O) groups is 1. The molecule has 1 aliphatic rings. The Morgan fingerprint density at radius 3 is 2.44 bits per heavy atom. The summed E-state index contributed by atoms with van der Waals surface area (Å²) in [6, 6.07) is 14.4. The highest BCUT2D eigenvalue weighted by Crippen LogP contribution is 2.23. The average molecular weight is 370 g/mol. The number of piperidine rings is 1. The fourth-order valence-electron chi connectivity index (χ4n) is 3.40. The van der Waals surface area contributed by atoms with E-state index in [0.29, 0.717) is 0 Å². The van der Waals surface area contributed by atoms with E-state index in [2.05, 4.69) is 15.5 Å². The Hall–Kier alpha value is -2.60. The minimum Gasteiger partial charge on any atom is -0.376 e. The maximum absolute atomic E-state index is 13.0. The number of carbonyl (C=O) groups excluding carboxylic acids is 1. The van der Waals surface area contributed by atoms with Gasteiger partial charge in [-0.05, 0) is 42.7 Å². The van der Waals surface area contributed by atoms with Crippen molar-refractivity contribution in [3.05, 3.63) is 59.9 Å². The number of nitrogens with one attached hydrogen (secondary N) is 2. The predicted octanol–water partition coefficient (Wildman–Crippen LogP) is 3.68. The number of hydrogen-bond acceptors (Lipinski definition) is 3. The van der Waals surface area contributed by atoms with E-state index in [1.165, 1.54) is 12.1 Å². The van der Waals surface area contributed by atoms with Gasteiger partial charge >= 0.3 is 6.03 Å². The van der Waals surface area contributed by atoms with Crippen LogP contribution in [0.4, 0.5) is 20.6 Å². The van der Waals surface area contributed by atoms with Gasteiger partial charge in [0, 0.05) is 39.8 Å². The van der Waals surface area contributed by atoms with Crippen LogP contribution >= 0.6 is 0 Å². The molecule has 0 spiro atoms. The van der Waals surface area contributed by atoms with Crippen LogP contribution < -0.4 is 15.5 Å². The van der Waals surface area contributed by atoms with Gasteiger partial charge in [0.2, 0.25) is 0 Å². The highest BCUT2D eigenvalue weighted by Gasteiger charge is 2.21. The minimum atomic E-state index is -0.205. The van der Waals surface area contributed by atoms with Gasteiger partial charge in [0.25, 0.3) is 0 Å². The number of halogens is 1. The van der Waals surface area contributed by atoms with Gasteiger partial charge in [-0.25, -0.2) is 9.18 Å². The van der Waals surface area contributed by atoms with E-state index >= 15 is 0 Å². The van der Waals surface area contributed by atoms with Crippen molar-refractivity contribution in [2.75, 3.05) is 37.4 Å². The zero-order valence-electron chi connectivity index (χ0n) is 15.9. The van der Waals surface area contributed by atoms with Gasteiger partial charge in [0.1, 0.15) is 5.82 Å². The molecule has 1 aliphatic heterocycles. The Balaban J connectivity index is 1.46. The van der Waals surface area contributed by atoms with Gasteiger partial charge < -0.3 is 15.5 Å². The molecule has 2 amide bonds. The lowest BCUT2D eigenvalue weighted by atomic mass is 10.0. The number of likely N-dealkylation sites (tertiary alicyclic amines) is 1. The molecule has 0 saturated carbocycles. The minimum absolute atomic E-state index is 0.165. The maximum atomic E-state index is 13.0. The Bertz CT molecular complexity index is 755. The number of benzene rings is 2. The topological polar surface area (TPSA) is 47.6 Å². The molecule has 0 bridgehead atoms. The summed E-state index contributed by atoms with van der Waals surface area (Å²) < 4.78 is 13.0. The van der Waals surface area contributed by atoms with Crippen LogP contribution in [0, 0.1) is 5.82 Å². The quantitative estimate of drug-likeness (QED) is 0.844. The molecule has 27 heavy (non-hydrogen) atoms. The number of hydrogen-bond donors (Lipinski definition) is 2. The molecule has 0 unspecified atom stereocenters. The molecular weight excluding hydrogens is 343 g/mol. The van der Waals surface area contributed by atoms with E-state index in [0.717, 1.165) is 49.4 Å². The highest BCUT2D eigenvalue weighted by molar-refractivity contribution is 5.93. The smallest absolute Gasteiger partial charge is 0.319 e. The molecule has 0 aromatic heterocycles. The summed E-state index contributed by atoms with van der Waals surface area (Å²) in [5.74, 6) is -0.205. The highest BCUT2D eigenvalue weighted by atomic mass is 19.1. The first-order valence-electron chi connectivity index (χ1n) is 9.32. The van der Waals surface area contributed by atoms with E-state index < -0.39 is 0 Å². The molecular formula is C21H27FN4O. The van der Waals surface area contributed by atoms with Gasteiger partial charge in [-0.15, -0.1) is 0 Å². The summed E-state index contributed by atoms with van der Waals surface area (Å²) >= 11 is 0. The number of rotatable bonds is 5. The maximum Gasteiger partial charge on any atom is 0.319 e. The fourth-order valence-corrected chi connectivity index (χ4v) is 3.40. The van der Waals surface area contributed by atoms with Gasteiger partial charge in [-0.1, -0.05) is 24.3 Å². The van der Waals surface area contributed by atoms with Crippen LogP contribution in [0.5, 0.6) is 0 Å². The van der Waals surface area contributed by atoms with Gasteiger partial charge in [-0.3, -0.25) is 4.90 Å². The van der Waals surface area contributed by atoms with E-state index in [1.54, 1.807) is 0 Å². The van der Waals surface area contributed by atoms with Gasteiger partial charge in [-0.2, -0.15) is 0 Å². The summed E-state index contributed by atoms with van der Waals surface area (Å²) in [7, 11) is 3.91. The van der Waals surface area contributed by atoms with Crippen molar-refractivity contribution in [1.29, 1.82) is 0 Å². The number of amides is 2. The van der Waals surface area contributed by atoms with Crippen molar-refractivity contribution in [3.8, 4) is 0 Å². The summed E-state index contributed by atoms with van der Waals surface area (Å²) in [4.78, 5) is 16.7. The Morgan fingerprint density at radius 2 is 1.78 bits per heavy atom. The Kier molecular flexibility index (Phi) is 6.29. The standard InChI is InChI=1S/C21H27FN4O/c1-25(2)20-6-4-3-5-19(20)24-21(27)23-18-11-13-26(14-12-18)15-16-7-9-17(22)10-8-16/h3-10,18H,11-15H2,1-2H3,(H2,23,24,27). The summed E-state index contributed by atoms with van der Waals surface area (Å²) in [6.07, 6.45) is 1.81. The Labute approximate surface area is 160 Å². The van der Waals surface area contributed by atoms with Crippen LogP contribution in [0.15, 0.2) is 48.5 Å². The lowest BCUT2D eigenvalue weighted by Crippen LogP contribution is -2.45. The van der Waals surface area contributed by atoms with Crippen LogP contribution in [0.1, 0.15) is 18.4 Å².